The van der Waals surface area contributed by atoms with Crippen LogP contribution in [0.1, 0.15) is 36.3 Å². The topological polar surface area (TPSA) is 92.5 Å². The van der Waals surface area contributed by atoms with E-state index in [1.54, 1.807) is 24.3 Å². The molecule has 9 heteroatoms. The van der Waals surface area contributed by atoms with Crippen LogP contribution in [-0.4, -0.2) is 36.7 Å². The van der Waals surface area contributed by atoms with Gasteiger partial charge in [-0.3, -0.25) is 4.79 Å². The second-order valence-electron chi connectivity index (χ2n) is 7.67. The normalized spacial score (nSPS) is 14.8. The highest BCUT2D eigenvalue weighted by atomic mass is 32.2. The average molecular weight is 460 g/mol. The first-order valence-corrected chi connectivity index (χ1v) is 12.6. The molecule has 31 heavy (non-hydrogen) atoms. The smallest absolute Gasteiger partial charge is 0.243 e. The van der Waals surface area contributed by atoms with E-state index in [4.69, 9.17) is 4.42 Å². The molecule has 7 nitrogen and oxygen atoms in total. The molecule has 0 unspecified atom stereocenters. The van der Waals surface area contributed by atoms with E-state index in [2.05, 4.69) is 10.3 Å². The van der Waals surface area contributed by atoms with Crippen molar-refractivity contribution in [3.05, 3.63) is 52.8 Å². The fourth-order valence-electron chi connectivity index (χ4n) is 3.69. The largest absolute Gasteiger partial charge is 0.466 e. The number of hydrogen-bond donors (Lipinski definition) is 1. The zero-order valence-corrected chi connectivity index (χ0v) is 19.2. The van der Waals surface area contributed by atoms with Crippen LogP contribution < -0.4 is 5.32 Å². The number of sulfonamides is 1. The summed E-state index contributed by atoms with van der Waals surface area (Å²) >= 11 is 1.37. The number of benzene rings is 1. The number of carbonyl (C=O) groups excluding carboxylic acids is 1. The molecule has 164 valence electrons. The predicted molar refractivity (Wildman–Crippen MR) is 121 cm³/mol. The molecule has 1 aliphatic rings. The molecular weight excluding hydrogens is 434 g/mol. The lowest BCUT2D eigenvalue weighted by molar-refractivity contribution is -0.116. The maximum Gasteiger partial charge on any atom is 0.243 e. The Labute approximate surface area is 186 Å². The number of carbonyl (C=O) groups is 1. The van der Waals surface area contributed by atoms with Crippen LogP contribution in [-0.2, 0) is 21.2 Å². The Morgan fingerprint density at radius 3 is 2.55 bits per heavy atom. The molecule has 1 amide bonds. The summed E-state index contributed by atoms with van der Waals surface area (Å²) in [5, 5.41) is 5.28. The van der Waals surface area contributed by atoms with Crippen LogP contribution in [0, 0.1) is 13.8 Å². The summed E-state index contributed by atoms with van der Waals surface area (Å²) in [5.41, 5.74) is 2.63. The summed E-state index contributed by atoms with van der Waals surface area (Å²) in [4.78, 5) is 17.1. The van der Waals surface area contributed by atoms with Crippen molar-refractivity contribution in [2.24, 2.45) is 0 Å². The van der Waals surface area contributed by atoms with E-state index in [-0.39, 0.29) is 12.3 Å². The van der Waals surface area contributed by atoms with Gasteiger partial charge >= 0.3 is 0 Å². The fourth-order valence-corrected chi connectivity index (χ4v) is 5.93. The quantitative estimate of drug-likeness (QED) is 0.566. The zero-order valence-electron chi connectivity index (χ0n) is 17.6. The van der Waals surface area contributed by atoms with Gasteiger partial charge in [0.1, 0.15) is 11.5 Å². The highest BCUT2D eigenvalue weighted by Gasteiger charge is 2.26. The Bertz CT molecular complexity index is 1170. The van der Waals surface area contributed by atoms with E-state index in [0.717, 1.165) is 41.2 Å². The van der Waals surface area contributed by atoms with Gasteiger partial charge in [0.25, 0.3) is 0 Å². The van der Waals surface area contributed by atoms with Crippen molar-refractivity contribution in [1.82, 2.24) is 9.29 Å². The highest BCUT2D eigenvalue weighted by molar-refractivity contribution is 7.89. The Kier molecular flexibility index (Phi) is 6.27. The van der Waals surface area contributed by atoms with Crippen LogP contribution in [0.25, 0.3) is 11.3 Å². The van der Waals surface area contributed by atoms with Crippen LogP contribution >= 0.6 is 11.3 Å². The molecule has 2 aromatic heterocycles. The zero-order chi connectivity index (χ0) is 22.0. The monoisotopic (exact) mass is 459 g/mol. The molecule has 0 saturated carbocycles. The van der Waals surface area contributed by atoms with Gasteiger partial charge in [-0.1, -0.05) is 12.1 Å². The Balaban J connectivity index is 1.32. The fraction of sp³-hybridized carbons (Fsp3) is 0.364. The average Bonchev–Trinajstić information content (AvgIpc) is 3.48. The molecule has 1 saturated heterocycles. The molecule has 0 radical (unpaired) electrons. The Hall–Kier alpha value is -2.49. The van der Waals surface area contributed by atoms with Crippen molar-refractivity contribution in [3.63, 3.8) is 0 Å². The molecule has 4 rings (SSSR count). The first kappa shape index (κ1) is 21.7. The molecule has 1 aliphatic heterocycles. The van der Waals surface area contributed by atoms with Crippen molar-refractivity contribution in [3.8, 4) is 11.3 Å². The van der Waals surface area contributed by atoms with Gasteiger partial charge in [0.05, 0.1) is 10.6 Å². The van der Waals surface area contributed by atoms with E-state index in [9.17, 15) is 13.2 Å². The van der Waals surface area contributed by atoms with Crippen molar-refractivity contribution >= 4 is 32.4 Å². The minimum atomic E-state index is -3.41. The lowest BCUT2D eigenvalue weighted by Gasteiger charge is -2.15. The Morgan fingerprint density at radius 1 is 1.19 bits per heavy atom. The van der Waals surface area contributed by atoms with E-state index in [0.29, 0.717) is 29.5 Å². The van der Waals surface area contributed by atoms with Gasteiger partial charge in [0.2, 0.25) is 15.9 Å². The molecule has 3 aromatic rings. The maximum absolute atomic E-state index is 12.6. The number of thiazole rings is 1. The van der Waals surface area contributed by atoms with Gasteiger partial charge in [-0.25, -0.2) is 13.4 Å². The summed E-state index contributed by atoms with van der Waals surface area (Å²) in [7, 11) is -3.41. The first-order valence-electron chi connectivity index (χ1n) is 10.2. The molecule has 1 N–H and O–H groups in total. The van der Waals surface area contributed by atoms with Crippen LogP contribution in [0.2, 0.25) is 0 Å². The van der Waals surface area contributed by atoms with Gasteiger partial charge in [0, 0.05) is 30.5 Å². The summed E-state index contributed by atoms with van der Waals surface area (Å²) in [6.07, 6.45) is 2.63. The van der Waals surface area contributed by atoms with E-state index in [1.165, 1.54) is 15.6 Å². The second-order valence-corrected chi connectivity index (χ2v) is 10.5. The van der Waals surface area contributed by atoms with Crippen LogP contribution in [0.15, 0.2) is 45.0 Å². The second kappa shape index (κ2) is 8.94. The van der Waals surface area contributed by atoms with Gasteiger partial charge < -0.3 is 9.73 Å². The van der Waals surface area contributed by atoms with E-state index >= 15 is 0 Å². The Morgan fingerprint density at radius 2 is 1.90 bits per heavy atom. The third-order valence-corrected chi connectivity index (χ3v) is 8.00. The molecule has 0 spiro atoms. The summed E-state index contributed by atoms with van der Waals surface area (Å²) < 4.78 is 32.3. The number of rotatable bonds is 7. The minimum absolute atomic E-state index is 0.130. The number of aromatic nitrogens is 1. The molecule has 0 atom stereocenters. The van der Waals surface area contributed by atoms with Crippen molar-refractivity contribution < 1.29 is 17.6 Å². The SMILES string of the molecule is Cc1cc(-c2csc(NC(=O)CCc3ccc(S(=O)(=O)N4CCCC4)cc3)n2)c(C)o1. The van der Waals surface area contributed by atoms with E-state index in [1.807, 2.05) is 25.3 Å². The molecule has 0 bridgehead atoms. The predicted octanol–water partition coefficient (Wildman–Crippen LogP) is 4.38. The summed E-state index contributed by atoms with van der Waals surface area (Å²) in [5.74, 6) is 1.50. The third-order valence-electron chi connectivity index (χ3n) is 5.33. The summed E-state index contributed by atoms with van der Waals surface area (Å²) in [6.45, 7) is 4.95. The van der Waals surface area contributed by atoms with E-state index < -0.39 is 10.0 Å². The number of nitrogens with one attached hydrogen (secondary N) is 1. The third kappa shape index (κ3) is 4.89. The molecule has 1 fully saturated rings. The van der Waals surface area contributed by atoms with Gasteiger partial charge in [-0.05, 0) is 56.9 Å². The molecule has 1 aromatic carbocycles. The molecule has 3 heterocycles. The lowest BCUT2D eigenvalue weighted by atomic mass is 10.1. The lowest BCUT2D eigenvalue weighted by Crippen LogP contribution is -2.27. The van der Waals surface area contributed by atoms with Crippen molar-refractivity contribution in [2.45, 2.75) is 44.4 Å². The number of anilines is 1. The summed E-state index contributed by atoms with van der Waals surface area (Å²) in [6, 6.07) is 8.75. The highest BCUT2D eigenvalue weighted by Crippen LogP contribution is 2.29. The van der Waals surface area contributed by atoms with Crippen LogP contribution in [0.4, 0.5) is 5.13 Å². The molecular formula is C22H25N3O4S2. The number of furan rings is 1. The number of nitrogens with zero attached hydrogens (tertiary/aromatic N) is 2. The van der Waals surface area contributed by atoms with Crippen LogP contribution in [0.3, 0.4) is 0 Å². The van der Waals surface area contributed by atoms with Gasteiger partial charge in [0.15, 0.2) is 5.13 Å². The van der Waals surface area contributed by atoms with Crippen molar-refractivity contribution in [1.29, 1.82) is 0 Å². The van der Waals surface area contributed by atoms with Crippen molar-refractivity contribution in [2.75, 3.05) is 18.4 Å². The first-order chi connectivity index (χ1) is 14.8. The number of aryl methyl sites for hydroxylation is 3. The minimum Gasteiger partial charge on any atom is -0.466 e. The van der Waals surface area contributed by atoms with Crippen LogP contribution in [0.5, 0.6) is 0 Å². The van der Waals surface area contributed by atoms with Gasteiger partial charge in [-0.2, -0.15) is 4.31 Å². The molecule has 0 aliphatic carbocycles. The van der Waals surface area contributed by atoms with Gasteiger partial charge in [-0.15, -0.1) is 11.3 Å². The number of amides is 1. The standard InChI is InChI=1S/C22H25N3O4S2/c1-15-13-19(16(2)29-15)20-14-30-22(23-20)24-21(26)10-7-17-5-8-18(9-6-17)31(27,28)25-11-3-4-12-25/h5-6,8-9,13-14H,3-4,7,10-12H2,1-2H3,(H,23,24,26). The number of hydrogen-bond acceptors (Lipinski definition) is 6. The maximum atomic E-state index is 12.6.